The molecule has 0 aliphatic carbocycles. The third kappa shape index (κ3) is 4.92. The number of nitrogens with one attached hydrogen (secondary N) is 1. The first-order chi connectivity index (χ1) is 12.0. The Hall–Kier alpha value is -2.15. The molecule has 0 fully saturated rings. The van der Waals surface area contributed by atoms with Gasteiger partial charge in [-0.2, -0.15) is 0 Å². The van der Waals surface area contributed by atoms with Gasteiger partial charge in [-0.15, -0.1) is 0 Å². The summed E-state index contributed by atoms with van der Waals surface area (Å²) in [4.78, 5) is 4.32. The number of aromatic nitrogens is 2. The van der Waals surface area contributed by atoms with Crippen LogP contribution in [0.3, 0.4) is 0 Å². The molecule has 0 saturated carbocycles. The Morgan fingerprint density at radius 3 is 2.68 bits per heavy atom. The minimum absolute atomic E-state index is 0.361. The lowest BCUT2D eigenvalue weighted by Crippen LogP contribution is -2.23. The molecule has 0 saturated heterocycles. The van der Waals surface area contributed by atoms with Crippen molar-refractivity contribution in [3.63, 3.8) is 0 Å². The van der Waals surface area contributed by atoms with Gasteiger partial charge in [0, 0.05) is 23.5 Å². The van der Waals surface area contributed by atoms with Gasteiger partial charge in [0.1, 0.15) is 0 Å². The van der Waals surface area contributed by atoms with Crippen LogP contribution in [0.25, 0.3) is 17.1 Å². The lowest BCUT2D eigenvalue weighted by Gasteiger charge is -2.05. The van der Waals surface area contributed by atoms with Crippen molar-refractivity contribution in [1.29, 1.82) is 0 Å². The molecule has 5 nitrogen and oxygen atoms in total. The van der Waals surface area contributed by atoms with Gasteiger partial charge >= 0.3 is 0 Å². The van der Waals surface area contributed by atoms with Crippen LogP contribution < -0.4 is 4.72 Å². The number of para-hydroxylation sites is 2. The number of hydrogen-bond donors (Lipinski definition) is 1. The van der Waals surface area contributed by atoms with E-state index in [4.69, 9.17) is 11.6 Å². The van der Waals surface area contributed by atoms with Crippen LogP contribution in [0.2, 0.25) is 5.02 Å². The minimum atomic E-state index is -3.46. The van der Waals surface area contributed by atoms with Crippen LogP contribution in [0.4, 0.5) is 0 Å². The number of rotatable bonds is 7. The van der Waals surface area contributed by atoms with Crippen LogP contribution in [-0.4, -0.2) is 24.5 Å². The molecule has 0 bridgehead atoms. The Kier molecular flexibility index (Phi) is 5.53. The van der Waals surface area contributed by atoms with Gasteiger partial charge in [-0.05, 0) is 42.3 Å². The molecule has 0 spiro atoms. The van der Waals surface area contributed by atoms with E-state index in [1.165, 1.54) is 5.41 Å². The second-order valence-corrected chi connectivity index (χ2v) is 7.66. The molecule has 3 aromatic rings. The van der Waals surface area contributed by atoms with Crippen LogP contribution in [-0.2, 0) is 16.6 Å². The molecule has 3 rings (SSSR count). The lowest BCUT2D eigenvalue weighted by atomic mass is 10.2. The Bertz CT molecular complexity index is 979. The fourth-order valence-corrected chi connectivity index (χ4v) is 3.43. The Balaban J connectivity index is 1.51. The molecule has 0 amide bonds. The SMILES string of the molecule is O=S(=O)(/C=C/c1ccc(Cl)cc1)NCCCn1cnc2ccccc21. The summed E-state index contributed by atoms with van der Waals surface area (Å²) in [5.41, 5.74) is 2.77. The molecule has 0 aliphatic rings. The average Bonchev–Trinajstić information content (AvgIpc) is 3.02. The zero-order valence-corrected chi connectivity index (χ0v) is 15.0. The summed E-state index contributed by atoms with van der Waals surface area (Å²) >= 11 is 5.80. The highest BCUT2D eigenvalue weighted by molar-refractivity contribution is 7.92. The molecular formula is C18H18ClN3O2S. The van der Waals surface area contributed by atoms with Gasteiger partial charge in [-0.1, -0.05) is 35.9 Å². The van der Waals surface area contributed by atoms with Gasteiger partial charge < -0.3 is 4.57 Å². The lowest BCUT2D eigenvalue weighted by molar-refractivity contribution is 0.580. The second kappa shape index (κ2) is 7.82. The van der Waals surface area contributed by atoms with E-state index in [0.717, 1.165) is 16.6 Å². The quantitative estimate of drug-likeness (QED) is 0.641. The fourth-order valence-electron chi connectivity index (χ4n) is 2.44. The van der Waals surface area contributed by atoms with Crippen LogP contribution in [0.1, 0.15) is 12.0 Å². The van der Waals surface area contributed by atoms with Crippen molar-refractivity contribution in [3.8, 4) is 0 Å². The normalized spacial score (nSPS) is 12.2. The average molecular weight is 376 g/mol. The summed E-state index contributed by atoms with van der Waals surface area (Å²) in [7, 11) is -3.46. The van der Waals surface area contributed by atoms with Crippen molar-refractivity contribution in [3.05, 3.63) is 70.9 Å². The van der Waals surface area contributed by atoms with Crippen molar-refractivity contribution < 1.29 is 8.42 Å². The Labute approximate surface area is 152 Å². The fraction of sp³-hybridized carbons (Fsp3) is 0.167. The van der Waals surface area contributed by atoms with Crippen LogP contribution in [0.5, 0.6) is 0 Å². The van der Waals surface area contributed by atoms with E-state index in [9.17, 15) is 8.42 Å². The van der Waals surface area contributed by atoms with Gasteiger partial charge in [0.15, 0.2) is 0 Å². The molecule has 25 heavy (non-hydrogen) atoms. The van der Waals surface area contributed by atoms with Gasteiger partial charge in [-0.3, -0.25) is 0 Å². The molecule has 0 unspecified atom stereocenters. The number of nitrogens with zero attached hydrogens (tertiary/aromatic N) is 2. The van der Waals surface area contributed by atoms with E-state index in [2.05, 4.69) is 9.71 Å². The maximum Gasteiger partial charge on any atom is 0.233 e. The van der Waals surface area contributed by atoms with Crippen LogP contribution in [0.15, 0.2) is 60.3 Å². The number of imidazole rings is 1. The molecule has 7 heteroatoms. The van der Waals surface area contributed by atoms with Crippen molar-refractivity contribution in [2.24, 2.45) is 0 Å². The van der Waals surface area contributed by atoms with E-state index in [0.29, 0.717) is 24.5 Å². The summed E-state index contributed by atoms with van der Waals surface area (Å²) in [6, 6.07) is 14.8. The standard InChI is InChI=1S/C18H18ClN3O2S/c19-16-8-6-15(7-9-16)10-13-25(23,24)21-11-3-12-22-14-20-17-4-1-2-5-18(17)22/h1-2,4-10,13-14,21H,3,11-12H2/b13-10+. The second-order valence-electron chi connectivity index (χ2n) is 5.57. The number of sulfonamides is 1. The molecule has 1 aromatic heterocycles. The van der Waals surface area contributed by atoms with Crippen molar-refractivity contribution in [1.82, 2.24) is 14.3 Å². The summed E-state index contributed by atoms with van der Waals surface area (Å²) in [6.07, 6.45) is 4.00. The third-order valence-corrected chi connectivity index (χ3v) is 5.07. The van der Waals surface area contributed by atoms with Crippen LogP contribution in [0, 0.1) is 0 Å². The molecule has 2 aromatic carbocycles. The van der Waals surface area contributed by atoms with Gasteiger partial charge in [0.05, 0.1) is 17.4 Å². The highest BCUT2D eigenvalue weighted by Crippen LogP contribution is 2.12. The molecular weight excluding hydrogens is 358 g/mol. The van der Waals surface area contributed by atoms with E-state index in [1.54, 1.807) is 36.7 Å². The third-order valence-electron chi connectivity index (χ3n) is 3.72. The summed E-state index contributed by atoms with van der Waals surface area (Å²) in [5, 5.41) is 1.79. The minimum Gasteiger partial charge on any atom is -0.331 e. The predicted molar refractivity (Wildman–Crippen MR) is 102 cm³/mol. The summed E-state index contributed by atoms with van der Waals surface area (Å²) in [6.45, 7) is 1.06. The highest BCUT2D eigenvalue weighted by Gasteiger charge is 2.05. The number of aryl methyl sites for hydroxylation is 1. The summed E-state index contributed by atoms with van der Waals surface area (Å²) in [5.74, 6) is 0. The van der Waals surface area contributed by atoms with Crippen LogP contribution >= 0.6 is 11.6 Å². The molecule has 130 valence electrons. The smallest absolute Gasteiger partial charge is 0.233 e. The Morgan fingerprint density at radius 1 is 1.12 bits per heavy atom. The monoisotopic (exact) mass is 375 g/mol. The van der Waals surface area contributed by atoms with Crippen molar-refractivity contribution in [2.75, 3.05) is 6.54 Å². The molecule has 1 heterocycles. The predicted octanol–water partition coefficient (Wildman–Crippen LogP) is 3.67. The first-order valence-electron chi connectivity index (χ1n) is 7.87. The van der Waals surface area contributed by atoms with Crippen molar-refractivity contribution in [2.45, 2.75) is 13.0 Å². The highest BCUT2D eigenvalue weighted by atomic mass is 35.5. The largest absolute Gasteiger partial charge is 0.331 e. The number of fused-ring (bicyclic) bond motifs is 1. The van der Waals surface area contributed by atoms with E-state index < -0.39 is 10.0 Å². The maximum absolute atomic E-state index is 12.0. The van der Waals surface area contributed by atoms with Gasteiger partial charge in [-0.25, -0.2) is 18.1 Å². The molecule has 0 radical (unpaired) electrons. The van der Waals surface area contributed by atoms with Gasteiger partial charge in [0.25, 0.3) is 0 Å². The van der Waals surface area contributed by atoms with Crippen molar-refractivity contribution >= 4 is 38.7 Å². The van der Waals surface area contributed by atoms with E-state index >= 15 is 0 Å². The topological polar surface area (TPSA) is 64.0 Å². The van der Waals surface area contributed by atoms with Gasteiger partial charge in [0.2, 0.25) is 10.0 Å². The number of benzene rings is 2. The summed E-state index contributed by atoms with van der Waals surface area (Å²) < 4.78 is 28.6. The number of halogens is 1. The van der Waals surface area contributed by atoms with E-state index in [1.807, 2.05) is 28.8 Å². The molecule has 0 aliphatic heterocycles. The molecule has 1 N–H and O–H groups in total. The first kappa shape index (κ1) is 17.7. The number of hydrogen-bond acceptors (Lipinski definition) is 3. The zero-order chi connectivity index (χ0) is 17.7. The molecule has 0 atom stereocenters. The maximum atomic E-state index is 12.0. The van der Waals surface area contributed by atoms with E-state index in [-0.39, 0.29) is 0 Å². The first-order valence-corrected chi connectivity index (χ1v) is 9.79. The zero-order valence-electron chi connectivity index (χ0n) is 13.5. The Morgan fingerprint density at radius 2 is 1.88 bits per heavy atom.